The van der Waals surface area contributed by atoms with Crippen LogP contribution in [0.2, 0.25) is 0 Å². The van der Waals surface area contributed by atoms with Crippen molar-refractivity contribution in [1.29, 1.82) is 0 Å². The Morgan fingerprint density at radius 2 is 1.88 bits per heavy atom. The second kappa shape index (κ2) is 8.39. The summed E-state index contributed by atoms with van der Waals surface area (Å²) in [5.41, 5.74) is 8.10. The van der Waals surface area contributed by atoms with Crippen molar-refractivity contribution < 1.29 is 9.53 Å². The Morgan fingerprint density at radius 3 is 2.54 bits per heavy atom. The fourth-order valence-electron chi connectivity index (χ4n) is 3.26. The summed E-state index contributed by atoms with van der Waals surface area (Å²) in [6.07, 6.45) is 1.36. The number of benzene rings is 1. The number of hydrazine groups is 1. The van der Waals surface area contributed by atoms with Crippen LogP contribution < -0.4 is 16.2 Å². The average molecular weight is 358 g/mol. The number of nitrogens with one attached hydrogen (secondary N) is 4. The molecule has 1 aromatic carbocycles. The van der Waals surface area contributed by atoms with Gasteiger partial charge in [-0.2, -0.15) is 5.10 Å². The maximum Gasteiger partial charge on any atom is 0.224 e. The van der Waals surface area contributed by atoms with Crippen molar-refractivity contribution in [2.75, 3.05) is 12.4 Å². The highest BCUT2D eigenvalue weighted by Gasteiger charge is 2.29. The molecular formula is C18H26N6O2. The topological polar surface area (TPSA) is 104 Å². The summed E-state index contributed by atoms with van der Waals surface area (Å²) < 4.78 is 5.02. The average Bonchev–Trinajstić information content (AvgIpc) is 3.21. The van der Waals surface area contributed by atoms with E-state index in [9.17, 15) is 4.79 Å². The van der Waals surface area contributed by atoms with E-state index in [-0.39, 0.29) is 5.91 Å². The summed E-state index contributed by atoms with van der Waals surface area (Å²) >= 11 is 0. The lowest BCUT2D eigenvalue weighted by atomic mass is 9.91. The number of carbonyl (C=O) groups is 1. The van der Waals surface area contributed by atoms with Crippen LogP contribution in [-0.4, -0.2) is 40.3 Å². The van der Waals surface area contributed by atoms with E-state index >= 15 is 0 Å². The van der Waals surface area contributed by atoms with Crippen LogP contribution in [0, 0.1) is 5.92 Å². The van der Waals surface area contributed by atoms with E-state index in [0.717, 1.165) is 17.7 Å². The Balaban J connectivity index is 1.52. The van der Waals surface area contributed by atoms with Crippen molar-refractivity contribution in [3.63, 3.8) is 0 Å². The summed E-state index contributed by atoms with van der Waals surface area (Å²) in [6, 6.07) is 8.27. The third-order valence-corrected chi connectivity index (χ3v) is 4.77. The van der Waals surface area contributed by atoms with E-state index in [2.05, 4.69) is 45.2 Å². The Bertz CT molecular complexity index is 720. The minimum atomic E-state index is 0.0318. The van der Waals surface area contributed by atoms with Crippen LogP contribution in [0.3, 0.4) is 0 Å². The van der Waals surface area contributed by atoms with Crippen LogP contribution >= 0.6 is 0 Å². The van der Waals surface area contributed by atoms with E-state index in [4.69, 9.17) is 4.74 Å². The fraction of sp³-hybridized carbons (Fsp3) is 0.500. The van der Waals surface area contributed by atoms with Crippen LogP contribution in [0.5, 0.6) is 0 Å². The fourth-order valence-corrected chi connectivity index (χ4v) is 3.26. The molecule has 3 rings (SSSR count). The SMILES string of the molecule is COCc1nc(-c2ccc(NC(=O)CCC3C(C)NNC3C)cc2)n[nH]1. The zero-order valence-corrected chi connectivity index (χ0v) is 15.4. The van der Waals surface area contributed by atoms with E-state index in [1.54, 1.807) is 7.11 Å². The first kappa shape index (κ1) is 18.5. The van der Waals surface area contributed by atoms with Crippen LogP contribution in [0.25, 0.3) is 11.4 Å². The number of methoxy groups -OCH3 is 1. The number of rotatable bonds is 7. The van der Waals surface area contributed by atoms with Crippen LogP contribution in [0.15, 0.2) is 24.3 Å². The van der Waals surface area contributed by atoms with Crippen LogP contribution in [0.1, 0.15) is 32.5 Å². The van der Waals surface area contributed by atoms with Gasteiger partial charge in [-0.3, -0.25) is 20.7 Å². The molecule has 0 saturated carbocycles. The van der Waals surface area contributed by atoms with Crippen molar-refractivity contribution in [2.24, 2.45) is 5.92 Å². The van der Waals surface area contributed by atoms with Gasteiger partial charge in [-0.1, -0.05) is 0 Å². The molecule has 2 unspecified atom stereocenters. The summed E-state index contributed by atoms with van der Waals surface area (Å²) in [7, 11) is 1.61. The van der Waals surface area contributed by atoms with Gasteiger partial charge in [0.25, 0.3) is 0 Å². The van der Waals surface area contributed by atoms with Gasteiger partial charge in [-0.25, -0.2) is 4.98 Å². The lowest BCUT2D eigenvalue weighted by molar-refractivity contribution is -0.116. The van der Waals surface area contributed by atoms with Gasteiger partial charge in [0.15, 0.2) is 11.6 Å². The van der Waals surface area contributed by atoms with Gasteiger partial charge in [-0.05, 0) is 50.5 Å². The zero-order chi connectivity index (χ0) is 18.5. The van der Waals surface area contributed by atoms with E-state index < -0.39 is 0 Å². The minimum Gasteiger partial charge on any atom is -0.377 e. The molecule has 0 bridgehead atoms. The molecule has 1 saturated heterocycles. The first-order valence-electron chi connectivity index (χ1n) is 8.88. The van der Waals surface area contributed by atoms with Crippen molar-refractivity contribution in [3.05, 3.63) is 30.1 Å². The second-order valence-corrected chi connectivity index (χ2v) is 6.73. The highest BCUT2D eigenvalue weighted by Crippen LogP contribution is 2.21. The third kappa shape index (κ3) is 4.46. The summed E-state index contributed by atoms with van der Waals surface area (Å²) in [6.45, 7) is 4.67. The Kier molecular flexibility index (Phi) is 5.97. The van der Waals surface area contributed by atoms with Gasteiger partial charge >= 0.3 is 0 Å². The summed E-state index contributed by atoms with van der Waals surface area (Å²) in [5.74, 6) is 1.78. The molecule has 1 aromatic heterocycles. The van der Waals surface area contributed by atoms with Crippen molar-refractivity contribution >= 4 is 11.6 Å². The zero-order valence-electron chi connectivity index (χ0n) is 15.4. The van der Waals surface area contributed by atoms with Gasteiger partial charge < -0.3 is 10.1 Å². The molecule has 1 fully saturated rings. The lowest BCUT2D eigenvalue weighted by Gasteiger charge is -2.17. The van der Waals surface area contributed by atoms with Crippen molar-refractivity contribution in [3.8, 4) is 11.4 Å². The molecule has 1 aliphatic rings. The highest BCUT2D eigenvalue weighted by atomic mass is 16.5. The van der Waals surface area contributed by atoms with E-state index in [1.807, 2.05) is 24.3 Å². The number of carbonyl (C=O) groups excluding carboxylic acids is 1. The van der Waals surface area contributed by atoms with Crippen LogP contribution in [-0.2, 0) is 16.1 Å². The molecule has 0 radical (unpaired) electrons. The number of ether oxygens (including phenoxy) is 1. The number of H-pyrrole nitrogens is 1. The standard InChI is InChI=1S/C18H26N6O2/c1-11-15(12(2)22-21-11)8-9-17(25)19-14-6-4-13(5-7-14)18-20-16(10-26-3)23-24-18/h4-7,11-12,15,21-22H,8-10H2,1-3H3,(H,19,25)(H,20,23,24). The van der Waals surface area contributed by atoms with E-state index in [0.29, 0.717) is 42.7 Å². The molecule has 4 N–H and O–H groups in total. The molecule has 26 heavy (non-hydrogen) atoms. The van der Waals surface area contributed by atoms with Crippen molar-refractivity contribution in [1.82, 2.24) is 26.0 Å². The van der Waals surface area contributed by atoms with Crippen molar-refractivity contribution in [2.45, 2.75) is 45.4 Å². The van der Waals surface area contributed by atoms with Gasteiger partial charge in [0.1, 0.15) is 6.61 Å². The lowest BCUT2D eigenvalue weighted by Crippen LogP contribution is -2.30. The normalized spacial score (nSPS) is 22.5. The maximum absolute atomic E-state index is 12.2. The Hall–Kier alpha value is -2.29. The van der Waals surface area contributed by atoms with Gasteiger partial charge in [0.2, 0.25) is 5.91 Å². The number of aromatic nitrogens is 3. The summed E-state index contributed by atoms with van der Waals surface area (Å²) in [4.78, 5) is 16.6. The predicted molar refractivity (Wildman–Crippen MR) is 99.1 cm³/mol. The molecule has 2 heterocycles. The minimum absolute atomic E-state index is 0.0318. The van der Waals surface area contributed by atoms with Gasteiger partial charge in [0.05, 0.1) is 0 Å². The molecule has 8 nitrogen and oxygen atoms in total. The first-order valence-corrected chi connectivity index (χ1v) is 8.88. The van der Waals surface area contributed by atoms with E-state index in [1.165, 1.54) is 0 Å². The maximum atomic E-state index is 12.2. The molecule has 0 spiro atoms. The number of anilines is 1. The molecule has 140 valence electrons. The Labute approximate surface area is 153 Å². The number of hydrogen-bond donors (Lipinski definition) is 4. The number of aromatic amines is 1. The van der Waals surface area contributed by atoms with Gasteiger partial charge in [0, 0.05) is 36.9 Å². The second-order valence-electron chi connectivity index (χ2n) is 6.73. The van der Waals surface area contributed by atoms with Gasteiger partial charge in [-0.15, -0.1) is 0 Å². The molecule has 2 aromatic rings. The molecular weight excluding hydrogens is 332 g/mol. The summed E-state index contributed by atoms with van der Waals surface area (Å²) in [5, 5.41) is 9.96. The molecule has 2 atom stereocenters. The van der Waals surface area contributed by atoms with Crippen LogP contribution in [0.4, 0.5) is 5.69 Å². The molecule has 1 amide bonds. The number of nitrogens with zero attached hydrogens (tertiary/aromatic N) is 2. The third-order valence-electron chi connectivity index (χ3n) is 4.77. The predicted octanol–water partition coefficient (Wildman–Crippen LogP) is 1.84. The monoisotopic (exact) mass is 358 g/mol. The largest absolute Gasteiger partial charge is 0.377 e. The molecule has 8 heteroatoms. The Morgan fingerprint density at radius 1 is 1.19 bits per heavy atom. The molecule has 1 aliphatic heterocycles. The number of hydrogen-bond acceptors (Lipinski definition) is 6. The highest BCUT2D eigenvalue weighted by molar-refractivity contribution is 5.90. The first-order chi connectivity index (χ1) is 12.6. The smallest absolute Gasteiger partial charge is 0.224 e. The molecule has 0 aliphatic carbocycles. The quantitative estimate of drug-likeness (QED) is 0.602. The number of amides is 1.